The second kappa shape index (κ2) is 5.71. The van der Waals surface area contributed by atoms with Gasteiger partial charge in [0.2, 0.25) is 0 Å². The van der Waals surface area contributed by atoms with Gasteiger partial charge in [0.15, 0.2) is 0 Å². The van der Waals surface area contributed by atoms with Crippen LogP contribution in [0, 0.1) is 11.7 Å². The molecule has 0 spiro atoms. The van der Waals surface area contributed by atoms with Crippen LogP contribution in [0.5, 0.6) is 5.75 Å². The Morgan fingerprint density at radius 3 is 3.16 bits per heavy atom. The third kappa shape index (κ3) is 2.90. The highest BCUT2D eigenvalue weighted by Crippen LogP contribution is 2.35. The molecule has 1 aromatic rings. The van der Waals surface area contributed by atoms with Gasteiger partial charge in [0.05, 0.1) is 0 Å². The molecule has 104 valence electrons. The standard InChI is InChI=1S/C15H20FNOS/c1-2-17-14-9-19-8-11(14)7-13-6-10-5-12(16)3-4-15(10)18-13/h3-5,11,13-14,17H,2,6-9H2,1H3. The molecule has 0 amide bonds. The van der Waals surface area contributed by atoms with Crippen LogP contribution in [0.15, 0.2) is 18.2 Å². The first kappa shape index (κ1) is 13.3. The zero-order chi connectivity index (χ0) is 13.2. The number of hydrogen-bond acceptors (Lipinski definition) is 3. The van der Waals surface area contributed by atoms with Crippen LogP contribution in [0.2, 0.25) is 0 Å². The molecule has 1 saturated heterocycles. The van der Waals surface area contributed by atoms with E-state index in [1.165, 1.54) is 17.6 Å². The van der Waals surface area contributed by atoms with Gasteiger partial charge in [-0.25, -0.2) is 4.39 Å². The molecule has 1 aromatic carbocycles. The molecule has 1 N–H and O–H groups in total. The second-order valence-electron chi connectivity index (χ2n) is 5.39. The molecule has 4 heteroatoms. The van der Waals surface area contributed by atoms with Gasteiger partial charge in [-0.1, -0.05) is 6.92 Å². The van der Waals surface area contributed by atoms with Gasteiger partial charge in [-0.05, 0) is 42.8 Å². The van der Waals surface area contributed by atoms with Gasteiger partial charge in [0.25, 0.3) is 0 Å². The lowest BCUT2D eigenvalue weighted by Gasteiger charge is -2.22. The molecule has 0 bridgehead atoms. The summed E-state index contributed by atoms with van der Waals surface area (Å²) >= 11 is 2.02. The van der Waals surface area contributed by atoms with Crippen LogP contribution in [0.3, 0.4) is 0 Å². The largest absolute Gasteiger partial charge is 0.490 e. The minimum absolute atomic E-state index is 0.162. The van der Waals surface area contributed by atoms with Gasteiger partial charge in [-0.15, -0.1) is 0 Å². The third-order valence-electron chi connectivity index (χ3n) is 3.99. The average Bonchev–Trinajstić information content (AvgIpc) is 2.97. The van der Waals surface area contributed by atoms with E-state index in [2.05, 4.69) is 12.2 Å². The third-order valence-corrected chi connectivity index (χ3v) is 5.25. The number of fused-ring (bicyclic) bond motifs is 1. The number of benzene rings is 1. The van der Waals surface area contributed by atoms with Gasteiger partial charge in [-0.3, -0.25) is 0 Å². The van der Waals surface area contributed by atoms with Crippen molar-refractivity contribution < 1.29 is 9.13 Å². The molecule has 0 saturated carbocycles. The zero-order valence-electron chi connectivity index (χ0n) is 11.2. The van der Waals surface area contributed by atoms with Crippen molar-refractivity contribution in [1.82, 2.24) is 5.32 Å². The molecule has 0 aromatic heterocycles. The molecule has 3 atom stereocenters. The van der Waals surface area contributed by atoms with E-state index in [0.29, 0.717) is 12.0 Å². The summed E-state index contributed by atoms with van der Waals surface area (Å²) in [5.41, 5.74) is 1.02. The van der Waals surface area contributed by atoms with E-state index in [-0.39, 0.29) is 11.9 Å². The van der Waals surface area contributed by atoms with Gasteiger partial charge in [0, 0.05) is 23.8 Å². The van der Waals surface area contributed by atoms with Gasteiger partial charge >= 0.3 is 0 Å². The van der Waals surface area contributed by atoms with Crippen molar-refractivity contribution in [3.8, 4) is 5.75 Å². The normalized spacial score (nSPS) is 29.3. The Labute approximate surface area is 118 Å². The SMILES string of the molecule is CCNC1CSCC1CC1Cc2cc(F)ccc2O1. The minimum atomic E-state index is -0.162. The van der Waals surface area contributed by atoms with Crippen molar-refractivity contribution in [3.05, 3.63) is 29.6 Å². The quantitative estimate of drug-likeness (QED) is 0.917. The Hall–Kier alpha value is -0.740. The Morgan fingerprint density at radius 1 is 1.42 bits per heavy atom. The van der Waals surface area contributed by atoms with Crippen molar-refractivity contribution >= 4 is 11.8 Å². The molecular formula is C15H20FNOS. The molecular weight excluding hydrogens is 261 g/mol. The van der Waals surface area contributed by atoms with Crippen LogP contribution in [0.25, 0.3) is 0 Å². The van der Waals surface area contributed by atoms with Crippen LogP contribution in [-0.2, 0) is 6.42 Å². The van der Waals surface area contributed by atoms with Crippen molar-refractivity contribution in [1.29, 1.82) is 0 Å². The Bertz CT molecular complexity index is 454. The molecule has 2 aliphatic rings. The zero-order valence-corrected chi connectivity index (χ0v) is 12.0. The minimum Gasteiger partial charge on any atom is -0.490 e. The summed E-state index contributed by atoms with van der Waals surface area (Å²) in [6.45, 7) is 3.18. The summed E-state index contributed by atoms with van der Waals surface area (Å²) in [4.78, 5) is 0. The molecule has 0 aliphatic carbocycles. The fourth-order valence-electron chi connectivity index (χ4n) is 3.08. The summed E-state index contributed by atoms with van der Waals surface area (Å²) in [6.07, 6.45) is 2.15. The number of halogens is 1. The van der Waals surface area contributed by atoms with Crippen molar-refractivity contribution in [3.63, 3.8) is 0 Å². The number of hydrogen-bond donors (Lipinski definition) is 1. The van der Waals surface area contributed by atoms with E-state index in [1.807, 2.05) is 11.8 Å². The number of rotatable bonds is 4. The van der Waals surface area contributed by atoms with Gasteiger partial charge < -0.3 is 10.1 Å². The highest BCUT2D eigenvalue weighted by Gasteiger charge is 2.32. The summed E-state index contributed by atoms with van der Waals surface area (Å²) in [5, 5.41) is 3.56. The van der Waals surface area contributed by atoms with E-state index in [9.17, 15) is 4.39 Å². The van der Waals surface area contributed by atoms with Crippen LogP contribution in [0.1, 0.15) is 18.9 Å². The lowest BCUT2D eigenvalue weighted by atomic mass is 9.94. The highest BCUT2D eigenvalue weighted by atomic mass is 32.2. The van der Waals surface area contributed by atoms with Crippen LogP contribution >= 0.6 is 11.8 Å². The fraction of sp³-hybridized carbons (Fsp3) is 0.600. The van der Waals surface area contributed by atoms with Crippen molar-refractivity contribution in [2.75, 3.05) is 18.1 Å². The first-order valence-corrected chi connectivity index (χ1v) is 8.18. The second-order valence-corrected chi connectivity index (χ2v) is 6.47. The molecule has 3 rings (SSSR count). The Kier molecular flexibility index (Phi) is 3.99. The Balaban J connectivity index is 1.61. The van der Waals surface area contributed by atoms with E-state index in [4.69, 9.17) is 4.74 Å². The molecule has 19 heavy (non-hydrogen) atoms. The fourth-order valence-corrected chi connectivity index (χ4v) is 4.53. The molecule has 1 fully saturated rings. The molecule has 2 nitrogen and oxygen atoms in total. The van der Waals surface area contributed by atoms with Crippen LogP contribution < -0.4 is 10.1 Å². The smallest absolute Gasteiger partial charge is 0.123 e. The molecule has 2 heterocycles. The monoisotopic (exact) mass is 281 g/mol. The summed E-state index contributed by atoms with van der Waals surface area (Å²) in [5.74, 6) is 3.80. The van der Waals surface area contributed by atoms with Crippen molar-refractivity contribution in [2.45, 2.75) is 31.9 Å². The summed E-state index contributed by atoms with van der Waals surface area (Å²) in [7, 11) is 0. The summed E-state index contributed by atoms with van der Waals surface area (Å²) < 4.78 is 19.1. The molecule has 2 aliphatic heterocycles. The van der Waals surface area contributed by atoms with Crippen molar-refractivity contribution in [2.24, 2.45) is 5.92 Å². The first-order valence-electron chi connectivity index (χ1n) is 7.02. The van der Waals surface area contributed by atoms with E-state index in [0.717, 1.165) is 30.7 Å². The van der Waals surface area contributed by atoms with E-state index in [1.54, 1.807) is 12.1 Å². The van der Waals surface area contributed by atoms with Gasteiger partial charge in [-0.2, -0.15) is 11.8 Å². The lowest BCUT2D eigenvalue weighted by molar-refractivity contribution is 0.189. The number of thioether (sulfide) groups is 1. The molecule has 3 unspecified atom stereocenters. The maximum absolute atomic E-state index is 13.2. The van der Waals surface area contributed by atoms with Crippen LogP contribution in [0.4, 0.5) is 4.39 Å². The lowest BCUT2D eigenvalue weighted by Crippen LogP contribution is -2.37. The molecule has 0 radical (unpaired) electrons. The number of ether oxygens (including phenoxy) is 1. The van der Waals surface area contributed by atoms with E-state index >= 15 is 0 Å². The average molecular weight is 281 g/mol. The number of nitrogens with one attached hydrogen (secondary N) is 1. The predicted molar refractivity (Wildman–Crippen MR) is 77.4 cm³/mol. The van der Waals surface area contributed by atoms with Gasteiger partial charge in [0.1, 0.15) is 17.7 Å². The highest BCUT2D eigenvalue weighted by molar-refractivity contribution is 7.99. The first-order chi connectivity index (χ1) is 9.26. The maximum atomic E-state index is 13.2. The van der Waals surface area contributed by atoms with E-state index < -0.39 is 0 Å². The maximum Gasteiger partial charge on any atom is 0.123 e. The Morgan fingerprint density at radius 2 is 2.32 bits per heavy atom. The topological polar surface area (TPSA) is 21.3 Å². The predicted octanol–water partition coefficient (Wildman–Crippen LogP) is 2.86. The summed E-state index contributed by atoms with van der Waals surface area (Å²) in [6, 6.07) is 5.46. The van der Waals surface area contributed by atoms with Crippen LogP contribution in [-0.4, -0.2) is 30.2 Å².